The fourth-order valence-electron chi connectivity index (χ4n) is 3.41. The van der Waals surface area contributed by atoms with Crippen LogP contribution in [0.1, 0.15) is 26.4 Å². The fraction of sp³-hybridized carbons (Fsp3) is 0.0800. The Morgan fingerprint density at radius 1 is 0.939 bits per heavy atom. The zero-order valence-corrected chi connectivity index (χ0v) is 20.3. The topological polar surface area (TPSA) is 89.3 Å². The number of hydrogen-bond acceptors (Lipinski definition) is 6. The van der Waals surface area contributed by atoms with Crippen molar-refractivity contribution in [3.63, 3.8) is 0 Å². The molecule has 0 fully saturated rings. The molecule has 1 aromatic heterocycles. The van der Waals surface area contributed by atoms with Gasteiger partial charge >= 0.3 is 0 Å². The zero-order chi connectivity index (χ0) is 23.8. The number of nitrogens with one attached hydrogen (secondary N) is 1. The molecule has 0 saturated heterocycles. The maximum absolute atomic E-state index is 13.6. The molecular formula is C25H21ClN2O3S2. The Hall–Kier alpha value is -3.13. The number of sulfone groups is 1. The van der Waals surface area contributed by atoms with Crippen molar-refractivity contribution < 1.29 is 13.2 Å². The van der Waals surface area contributed by atoms with Crippen molar-refractivity contribution in [1.29, 1.82) is 0 Å². The largest absolute Gasteiger partial charge is 0.396 e. The number of hydrogen-bond donors (Lipinski definition) is 2. The number of rotatable bonds is 6. The predicted molar refractivity (Wildman–Crippen MR) is 135 cm³/mol. The molecule has 168 valence electrons. The molecule has 0 bridgehead atoms. The highest BCUT2D eigenvalue weighted by Gasteiger charge is 2.31. The molecule has 0 aliphatic carbocycles. The van der Waals surface area contributed by atoms with Crippen molar-refractivity contribution in [1.82, 2.24) is 0 Å². The number of ketones is 1. The van der Waals surface area contributed by atoms with Gasteiger partial charge in [-0.15, -0.1) is 11.3 Å². The second-order valence-electron chi connectivity index (χ2n) is 7.53. The van der Waals surface area contributed by atoms with Crippen molar-refractivity contribution in [3.05, 3.63) is 99.4 Å². The molecule has 0 aliphatic heterocycles. The quantitative estimate of drug-likeness (QED) is 0.301. The van der Waals surface area contributed by atoms with E-state index in [9.17, 15) is 13.2 Å². The van der Waals surface area contributed by atoms with Gasteiger partial charge in [0.05, 0.1) is 10.6 Å². The lowest BCUT2D eigenvalue weighted by molar-refractivity contribution is 0.104. The van der Waals surface area contributed by atoms with E-state index in [2.05, 4.69) is 5.32 Å². The molecule has 0 aliphatic rings. The summed E-state index contributed by atoms with van der Waals surface area (Å²) in [4.78, 5) is 13.4. The Morgan fingerprint density at radius 2 is 1.61 bits per heavy atom. The average Bonchev–Trinajstić information content (AvgIpc) is 3.14. The summed E-state index contributed by atoms with van der Waals surface area (Å²) in [5, 5.41) is 4.01. The van der Waals surface area contributed by atoms with Gasteiger partial charge in [-0.3, -0.25) is 4.79 Å². The molecule has 8 heteroatoms. The van der Waals surface area contributed by atoms with E-state index in [1.54, 1.807) is 42.5 Å². The Kier molecular flexibility index (Phi) is 6.30. The van der Waals surface area contributed by atoms with Crippen LogP contribution in [0.3, 0.4) is 0 Å². The Morgan fingerprint density at radius 3 is 2.27 bits per heavy atom. The molecule has 3 aromatic carbocycles. The highest BCUT2D eigenvalue weighted by Crippen LogP contribution is 2.44. The van der Waals surface area contributed by atoms with Gasteiger partial charge in [-0.25, -0.2) is 8.42 Å². The van der Waals surface area contributed by atoms with E-state index in [-0.39, 0.29) is 26.1 Å². The minimum Gasteiger partial charge on any atom is -0.396 e. The summed E-state index contributed by atoms with van der Waals surface area (Å²) in [6.07, 6.45) is 0. The van der Waals surface area contributed by atoms with Crippen LogP contribution in [0, 0.1) is 13.8 Å². The number of anilines is 3. The normalized spacial score (nSPS) is 11.4. The van der Waals surface area contributed by atoms with Crippen molar-refractivity contribution in [2.75, 3.05) is 11.1 Å². The summed E-state index contributed by atoms with van der Waals surface area (Å²) in [5.74, 6) is -0.368. The molecule has 0 radical (unpaired) electrons. The average molecular weight is 497 g/mol. The number of nitrogens with two attached hydrogens (primary N) is 1. The first kappa shape index (κ1) is 23.0. The maximum Gasteiger partial charge on any atom is 0.211 e. The second-order valence-corrected chi connectivity index (χ2v) is 10.9. The highest BCUT2D eigenvalue weighted by atomic mass is 35.5. The van der Waals surface area contributed by atoms with Crippen LogP contribution in [0.25, 0.3) is 0 Å². The lowest BCUT2D eigenvalue weighted by Crippen LogP contribution is -2.08. The van der Waals surface area contributed by atoms with Crippen LogP contribution in [0.2, 0.25) is 5.02 Å². The molecule has 0 saturated carbocycles. The number of carbonyl (C=O) groups is 1. The van der Waals surface area contributed by atoms with Gasteiger partial charge in [0.25, 0.3) is 0 Å². The molecule has 0 amide bonds. The number of aryl methyl sites for hydroxylation is 1. The van der Waals surface area contributed by atoms with Crippen LogP contribution in [0.5, 0.6) is 0 Å². The van der Waals surface area contributed by atoms with Gasteiger partial charge in [0.15, 0.2) is 0 Å². The van der Waals surface area contributed by atoms with Gasteiger partial charge in [0.2, 0.25) is 15.6 Å². The Balaban J connectivity index is 1.90. The van der Waals surface area contributed by atoms with E-state index in [0.29, 0.717) is 15.6 Å². The first-order chi connectivity index (χ1) is 15.7. The smallest absolute Gasteiger partial charge is 0.211 e. The predicted octanol–water partition coefficient (Wildman–Crippen LogP) is 6.41. The molecule has 0 atom stereocenters. The lowest BCUT2D eigenvalue weighted by Gasteiger charge is -2.12. The number of halogens is 1. The number of benzene rings is 3. The number of carbonyl (C=O) groups excluding carboxylic acids is 1. The molecule has 33 heavy (non-hydrogen) atoms. The lowest BCUT2D eigenvalue weighted by atomic mass is 10.1. The van der Waals surface area contributed by atoms with Crippen LogP contribution in [-0.2, 0) is 9.84 Å². The van der Waals surface area contributed by atoms with E-state index in [1.165, 1.54) is 12.1 Å². The summed E-state index contributed by atoms with van der Waals surface area (Å²) in [6, 6.07) is 20.2. The molecular weight excluding hydrogens is 476 g/mol. The van der Waals surface area contributed by atoms with E-state index in [4.69, 9.17) is 17.3 Å². The molecule has 1 heterocycles. The van der Waals surface area contributed by atoms with Gasteiger partial charge in [-0.1, -0.05) is 41.9 Å². The van der Waals surface area contributed by atoms with Gasteiger partial charge < -0.3 is 11.1 Å². The van der Waals surface area contributed by atoms with Crippen molar-refractivity contribution in [2.24, 2.45) is 0 Å². The zero-order valence-electron chi connectivity index (χ0n) is 17.9. The van der Waals surface area contributed by atoms with E-state index in [1.807, 2.05) is 32.0 Å². The molecule has 0 unspecified atom stereocenters. The van der Waals surface area contributed by atoms with E-state index < -0.39 is 9.84 Å². The van der Waals surface area contributed by atoms with Crippen molar-refractivity contribution in [3.8, 4) is 0 Å². The van der Waals surface area contributed by atoms with Crippen LogP contribution >= 0.6 is 22.9 Å². The molecule has 4 rings (SSSR count). The minimum atomic E-state index is -4.00. The van der Waals surface area contributed by atoms with Gasteiger partial charge in [0.1, 0.15) is 14.8 Å². The summed E-state index contributed by atoms with van der Waals surface area (Å²) in [5.41, 5.74) is 9.42. The first-order valence-electron chi connectivity index (χ1n) is 10.1. The van der Waals surface area contributed by atoms with Crippen LogP contribution < -0.4 is 11.1 Å². The summed E-state index contributed by atoms with van der Waals surface area (Å²) >= 11 is 6.97. The third-order valence-corrected chi connectivity index (χ3v) is 8.74. The second kappa shape index (κ2) is 9.02. The van der Waals surface area contributed by atoms with Gasteiger partial charge in [0, 0.05) is 16.3 Å². The van der Waals surface area contributed by atoms with E-state index in [0.717, 1.165) is 28.2 Å². The Labute approximate surface area is 201 Å². The minimum absolute atomic E-state index is 0.0726. The standard InChI is InChI=1S/C25H21ClN2O3S2/c1-15-7-6-10-20(16(15)2)28-25-24(33(30,31)19-8-4-3-5-9-19)21(27)23(32-25)22(29)17-11-13-18(26)14-12-17/h3-14,28H,27H2,1-2H3. The summed E-state index contributed by atoms with van der Waals surface area (Å²) < 4.78 is 27.2. The maximum atomic E-state index is 13.6. The van der Waals surface area contributed by atoms with Crippen molar-refractivity contribution in [2.45, 2.75) is 23.6 Å². The molecule has 0 spiro atoms. The van der Waals surface area contributed by atoms with Gasteiger partial charge in [-0.05, 0) is 67.4 Å². The first-order valence-corrected chi connectivity index (χ1v) is 12.7. The number of nitrogen functional groups attached to an aromatic ring is 1. The third-order valence-electron chi connectivity index (χ3n) is 5.39. The highest BCUT2D eigenvalue weighted by molar-refractivity contribution is 7.92. The van der Waals surface area contributed by atoms with Crippen LogP contribution in [0.15, 0.2) is 82.6 Å². The molecule has 4 aromatic rings. The summed E-state index contributed by atoms with van der Waals surface area (Å²) in [7, 11) is -4.00. The SMILES string of the molecule is Cc1cccc(Nc2sc(C(=O)c3ccc(Cl)cc3)c(N)c2S(=O)(=O)c2ccccc2)c1C. The third kappa shape index (κ3) is 4.39. The molecule has 3 N–H and O–H groups in total. The van der Waals surface area contributed by atoms with Crippen LogP contribution in [0.4, 0.5) is 16.4 Å². The van der Waals surface area contributed by atoms with Crippen molar-refractivity contribution >= 4 is 54.9 Å². The number of thiophene rings is 1. The van der Waals surface area contributed by atoms with E-state index >= 15 is 0 Å². The Bertz CT molecular complexity index is 1450. The van der Waals surface area contributed by atoms with Crippen LogP contribution in [-0.4, -0.2) is 14.2 Å². The fourth-order valence-corrected chi connectivity index (χ4v) is 6.48. The summed E-state index contributed by atoms with van der Waals surface area (Å²) in [6.45, 7) is 3.92. The monoisotopic (exact) mass is 496 g/mol. The molecule has 5 nitrogen and oxygen atoms in total. The van der Waals surface area contributed by atoms with Gasteiger partial charge in [-0.2, -0.15) is 0 Å².